The molecule has 2 rings (SSSR count). The van der Waals surface area contributed by atoms with Gasteiger partial charge in [-0.1, -0.05) is 0 Å². The van der Waals surface area contributed by atoms with Gasteiger partial charge in [-0.25, -0.2) is 19.6 Å². The highest BCUT2D eigenvalue weighted by Crippen LogP contribution is 2.23. The molecular weight excluding hydrogens is 228 g/mol. The molecule has 88 valence electrons. The minimum Gasteiger partial charge on any atom is -0.457 e. The van der Waals surface area contributed by atoms with Crippen molar-refractivity contribution in [2.45, 2.75) is 0 Å². The molecule has 0 amide bonds. The van der Waals surface area contributed by atoms with Crippen LogP contribution in [0.2, 0.25) is 0 Å². The molecule has 0 aliphatic carbocycles. The van der Waals surface area contributed by atoms with Crippen molar-refractivity contribution < 1.29 is 13.5 Å². The molecule has 4 nitrogen and oxygen atoms in total. The molecule has 0 atom stereocenters. The summed E-state index contributed by atoms with van der Waals surface area (Å²) in [5.41, 5.74) is 2.35. The van der Waals surface area contributed by atoms with Gasteiger partial charge in [0.1, 0.15) is 17.3 Å². The Balaban J connectivity index is 2.22. The number of rotatable bonds is 3. The lowest BCUT2D eigenvalue weighted by Crippen LogP contribution is -2.08. The number of nitrogen functional groups attached to an aromatic ring is 1. The van der Waals surface area contributed by atoms with E-state index in [0.29, 0.717) is 11.6 Å². The van der Waals surface area contributed by atoms with Gasteiger partial charge in [-0.05, 0) is 18.2 Å². The molecule has 0 aliphatic heterocycles. The van der Waals surface area contributed by atoms with Crippen LogP contribution in [0.1, 0.15) is 0 Å². The first-order valence-electron chi connectivity index (χ1n) is 4.74. The second kappa shape index (κ2) is 4.75. The van der Waals surface area contributed by atoms with Gasteiger partial charge in [-0.3, -0.25) is 0 Å². The van der Waals surface area contributed by atoms with E-state index in [2.05, 4.69) is 10.4 Å². The lowest BCUT2D eigenvalue weighted by Gasteiger charge is -2.07. The highest BCUT2D eigenvalue weighted by atomic mass is 19.2. The van der Waals surface area contributed by atoms with E-state index < -0.39 is 11.6 Å². The third-order valence-corrected chi connectivity index (χ3v) is 2.01. The van der Waals surface area contributed by atoms with Crippen molar-refractivity contribution in [3.63, 3.8) is 0 Å². The fourth-order valence-electron chi connectivity index (χ4n) is 1.23. The van der Waals surface area contributed by atoms with E-state index in [1.807, 2.05) is 0 Å². The second-order valence-corrected chi connectivity index (χ2v) is 3.20. The Labute approximate surface area is 96.0 Å². The molecule has 17 heavy (non-hydrogen) atoms. The van der Waals surface area contributed by atoms with Crippen molar-refractivity contribution in [1.82, 2.24) is 4.98 Å². The molecule has 1 aromatic heterocycles. The van der Waals surface area contributed by atoms with Crippen LogP contribution in [0.4, 0.5) is 14.6 Å². The maximum atomic E-state index is 12.9. The molecule has 0 saturated carbocycles. The smallest absolute Gasteiger partial charge is 0.162 e. The number of nitrogens with two attached hydrogens (primary N) is 1. The van der Waals surface area contributed by atoms with E-state index in [0.717, 1.165) is 12.1 Å². The van der Waals surface area contributed by atoms with Gasteiger partial charge in [0.2, 0.25) is 0 Å². The predicted molar refractivity (Wildman–Crippen MR) is 58.5 cm³/mol. The monoisotopic (exact) mass is 237 g/mol. The zero-order valence-electron chi connectivity index (χ0n) is 8.65. The summed E-state index contributed by atoms with van der Waals surface area (Å²) in [5, 5.41) is 0. The number of benzene rings is 1. The quantitative estimate of drug-likeness (QED) is 0.635. The number of pyridine rings is 1. The molecule has 6 heteroatoms. The standard InChI is InChI=1S/C11H9F2N3O/c12-9-2-1-7(5-10(9)13)17-8-3-4-15-11(6-8)16-14/h1-6H,14H2,(H,15,16). The molecule has 0 spiro atoms. The molecule has 0 unspecified atom stereocenters. The van der Waals surface area contributed by atoms with Crippen LogP contribution >= 0.6 is 0 Å². The molecule has 0 saturated heterocycles. The zero-order chi connectivity index (χ0) is 12.3. The van der Waals surface area contributed by atoms with Crippen LogP contribution in [-0.4, -0.2) is 4.98 Å². The van der Waals surface area contributed by atoms with Gasteiger partial charge in [-0.15, -0.1) is 0 Å². The summed E-state index contributed by atoms with van der Waals surface area (Å²) < 4.78 is 30.9. The van der Waals surface area contributed by atoms with Crippen LogP contribution in [0.25, 0.3) is 0 Å². The summed E-state index contributed by atoms with van der Waals surface area (Å²) in [5.74, 6) is 4.31. The zero-order valence-corrected chi connectivity index (χ0v) is 8.65. The largest absolute Gasteiger partial charge is 0.457 e. The Morgan fingerprint density at radius 3 is 2.53 bits per heavy atom. The lowest BCUT2D eigenvalue weighted by molar-refractivity contribution is 0.461. The van der Waals surface area contributed by atoms with Crippen molar-refractivity contribution in [2.75, 3.05) is 5.43 Å². The first kappa shape index (κ1) is 11.3. The molecule has 0 radical (unpaired) electrons. The van der Waals surface area contributed by atoms with Crippen LogP contribution in [-0.2, 0) is 0 Å². The number of ether oxygens (including phenoxy) is 1. The summed E-state index contributed by atoms with van der Waals surface area (Å²) in [6, 6.07) is 6.39. The van der Waals surface area contributed by atoms with Gasteiger partial charge in [0.05, 0.1) is 0 Å². The Morgan fingerprint density at radius 1 is 1.06 bits per heavy atom. The molecule has 1 aromatic carbocycles. The fourth-order valence-corrected chi connectivity index (χ4v) is 1.23. The van der Waals surface area contributed by atoms with Gasteiger partial charge >= 0.3 is 0 Å². The van der Waals surface area contributed by atoms with Gasteiger partial charge in [0, 0.05) is 18.3 Å². The normalized spacial score (nSPS) is 10.1. The third-order valence-electron chi connectivity index (χ3n) is 2.01. The maximum absolute atomic E-state index is 12.9. The number of aromatic nitrogens is 1. The first-order valence-corrected chi connectivity index (χ1v) is 4.74. The maximum Gasteiger partial charge on any atom is 0.162 e. The number of halogens is 2. The van der Waals surface area contributed by atoms with Gasteiger partial charge in [-0.2, -0.15) is 0 Å². The van der Waals surface area contributed by atoms with E-state index in [1.165, 1.54) is 18.3 Å². The number of nitrogens with zero attached hydrogens (tertiary/aromatic N) is 1. The number of nitrogens with one attached hydrogen (secondary N) is 1. The van der Waals surface area contributed by atoms with Crippen molar-refractivity contribution in [3.05, 3.63) is 48.2 Å². The van der Waals surface area contributed by atoms with E-state index in [9.17, 15) is 8.78 Å². The van der Waals surface area contributed by atoms with E-state index >= 15 is 0 Å². The van der Waals surface area contributed by atoms with E-state index in [4.69, 9.17) is 10.6 Å². The van der Waals surface area contributed by atoms with Crippen LogP contribution < -0.4 is 16.0 Å². The minimum atomic E-state index is -0.964. The van der Waals surface area contributed by atoms with Crippen LogP contribution in [0.15, 0.2) is 36.5 Å². The Bertz CT molecular complexity index is 534. The topological polar surface area (TPSA) is 60.2 Å². The summed E-state index contributed by atoms with van der Waals surface area (Å²) in [7, 11) is 0. The number of anilines is 1. The molecule has 3 N–H and O–H groups in total. The summed E-state index contributed by atoms with van der Waals surface area (Å²) in [6.45, 7) is 0. The fraction of sp³-hybridized carbons (Fsp3) is 0. The molecule has 0 aliphatic rings. The van der Waals surface area contributed by atoms with Crippen molar-refractivity contribution >= 4 is 5.82 Å². The molecule has 2 aromatic rings. The van der Waals surface area contributed by atoms with E-state index in [1.54, 1.807) is 6.07 Å². The molecule has 0 fully saturated rings. The van der Waals surface area contributed by atoms with Crippen molar-refractivity contribution in [3.8, 4) is 11.5 Å². The van der Waals surface area contributed by atoms with Crippen molar-refractivity contribution in [2.24, 2.45) is 5.84 Å². The number of hydrazine groups is 1. The minimum absolute atomic E-state index is 0.193. The summed E-state index contributed by atoms with van der Waals surface area (Å²) in [6.07, 6.45) is 1.48. The van der Waals surface area contributed by atoms with Crippen LogP contribution in [0.5, 0.6) is 11.5 Å². The second-order valence-electron chi connectivity index (χ2n) is 3.20. The molecule has 1 heterocycles. The highest BCUT2D eigenvalue weighted by molar-refractivity contribution is 5.41. The lowest BCUT2D eigenvalue weighted by atomic mass is 10.3. The van der Waals surface area contributed by atoms with Gasteiger partial charge in [0.25, 0.3) is 0 Å². The Morgan fingerprint density at radius 2 is 1.82 bits per heavy atom. The van der Waals surface area contributed by atoms with E-state index in [-0.39, 0.29) is 5.75 Å². The average Bonchev–Trinajstić information content (AvgIpc) is 2.34. The number of hydrogen-bond acceptors (Lipinski definition) is 4. The number of hydrogen-bond donors (Lipinski definition) is 2. The molecule has 0 bridgehead atoms. The highest BCUT2D eigenvalue weighted by Gasteiger charge is 2.04. The first-order chi connectivity index (χ1) is 8.19. The Kier molecular flexibility index (Phi) is 3.15. The average molecular weight is 237 g/mol. The third kappa shape index (κ3) is 2.67. The SMILES string of the molecule is NNc1cc(Oc2ccc(F)c(F)c2)ccn1. The van der Waals surface area contributed by atoms with Gasteiger partial charge < -0.3 is 10.2 Å². The predicted octanol–water partition coefficient (Wildman–Crippen LogP) is 2.44. The molecular formula is C11H9F2N3O. The summed E-state index contributed by atoms with van der Waals surface area (Å²) in [4.78, 5) is 3.88. The van der Waals surface area contributed by atoms with Crippen LogP contribution in [0.3, 0.4) is 0 Å². The van der Waals surface area contributed by atoms with Gasteiger partial charge in [0.15, 0.2) is 11.6 Å². The van der Waals surface area contributed by atoms with Crippen LogP contribution in [0, 0.1) is 11.6 Å². The van der Waals surface area contributed by atoms with Crippen molar-refractivity contribution in [1.29, 1.82) is 0 Å². The Hall–Kier alpha value is -2.21. The summed E-state index contributed by atoms with van der Waals surface area (Å²) >= 11 is 0.